The third-order valence-electron chi connectivity index (χ3n) is 3.25. The van der Waals surface area contributed by atoms with E-state index < -0.39 is 12.8 Å². The first-order valence-electron chi connectivity index (χ1n) is 6.00. The zero-order chi connectivity index (χ0) is 13.2. The Kier molecular flexibility index (Phi) is 3.92. The van der Waals surface area contributed by atoms with Crippen molar-refractivity contribution in [3.8, 4) is 0 Å². The van der Waals surface area contributed by atoms with Gasteiger partial charge in [-0.3, -0.25) is 4.84 Å². The Bertz CT molecular complexity index is 405. The average molecular weight is 259 g/mol. The first-order valence-corrected chi connectivity index (χ1v) is 6.00. The zero-order valence-electron chi connectivity index (χ0n) is 10.1. The summed E-state index contributed by atoms with van der Waals surface area (Å²) in [5, 5.41) is 0. The van der Waals surface area contributed by atoms with E-state index in [4.69, 9.17) is 0 Å². The highest BCUT2D eigenvalue weighted by atomic mass is 19.4. The van der Waals surface area contributed by atoms with Gasteiger partial charge in [-0.05, 0) is 29.9 Å². The van der Waals surface area contributed by atoms with Crippen molar-refractivity contribution in [1.82, 2.24) is 5.48 Å². The third-order valence-corrected chi connectivity index (χ3v) is 3.25. The van der Waals surface area contributed by atoms with E-state index in [0.717, 1.165) is 18.4 Å². The van der Waals surface area contributed by atoms with Gasteiger partial charge >= 0.3 is 6.18 Å². The Hall–Kier alpha value is -1.07. The Morgan fingerprint density at radius 2 is 1.89 bits per heavy atom. The summed E-state index contributed by atoms with van der Waals surface area (Å²) in [5.41, 5.74) is 4.77. The summed E-state index contributed by atoms with van der Waals surface area (Å²) in [6.07, 6.45) is -2.56. The molecule has 0 fully saturated rings. The lowest BCUT2D eigenvalue weighted by Crippen LogP contribution is -2.30. The van der Waals surface area contributed by atoms with Gasteiger partial charge in [-0.2, -0.15) is 18.7 Å². The number of benzene rings is 1. The van der Waals surface area contributed by atoms with E-state index in [1.807, 2.05) is 24.3 Å². The molecule has 0 aliphatic heterocycles. The number of hydrogen-bond acceptors (Lipinski definition) is 2. The molecule has 0 amide bonds. The van der Waals surface area contributed by atoms with E-state index >= 15 is 0 Å². The number of hydroxylamine groups is 1. The number of fused-ring (bicyclic) bond motifs is 1. The van der Waals surface area contributed by atoms with Crippen LogP contribution >= 0.6 is 0 Å². The predicted octanol–water partition coefficient (Wildman–Crippen LogP) is 3.71. The fraction of sp³-hybridized carbons (Fsp3) is 0.538. The standard InChI is InChI=1S/C13H16F3NO/c1-9-6-7-12(17-18-8-13(14,15)16)11-5-3-2-4-10(9)11/h2-5,9,12,17H,6-8H2,1H3. The molecule has 2 nitrogen and oxygen atoms in total. The first kappa shape index (κ1) is 13.4. The molecule has 0 saturated heterocycles. The summed E-state index contributed by atoms with van der Waals surface area (Å²) < 4.78 is 36.0. The minimum Gasteiger partial charge on any atom is -0.292 e. The van der Waals surface area contributed by atoms with E-state index in [0.29, 0.717) is 5.92 Å². The van der Waals surface area contributed by atoms with E-state index in [1.54, 1.807) is 0 Å². The van der Waals surface area contributed by atoms with Crippen LogP contribution in [0, 0.1) is 0 Å². The second kappa shape index (κ2) is 5.28. The molecule has 2 rings (SSSR count). The second-order valence-corrected chi connectivity index (χ2v) is 4.68. The monoisotopic (exact) mass is 259 g/mol. The second-order valence-electron chi connectivity index (χ2n) is 4.68. The molecule has 2 atom stereocenters. The van der Waals surface area contributed by atoms with Crippen LogP contribution in [0.2, 0.25) is 0 Å². The summed E-state index contributed by atoms with van der Waals surface area (Å²) in [7, 11) is 0. The van der Waals surface area contributed by atoms with Crippen molar-refractivity contribution in [2.24, 2.45) is 0 Å². The summed E-state index contributed by atoms with van der Waals surface area (Å²) in [5.74, 6) is 0.446. The summed E-state index contributed by atoms with van der Waals surface area (Å²) in [6, 6.07) is 7.67. The molecule has 0 spiro atoms. The van der Waals surface area contributed by atoms with Crippen molar-refractivity contribution in [3.05, 3.63) is 35.4 Å². The van der Waals surface area contributed by atoms with Gasteiger partial charge in [0, 0.05) is 0 Å². The Labute approximate surface area is 104 Å². The van der Waals surface area contributed by atoms with E-state index in [-0.39, 0.29) is 6.04 Å². The quantitative estimate of drug-likeness (QED) is 0.835. The van der Waals surface area contributed by atoms with Crippen LogP contribution in [-0.2, 0) is 4.84 Å². The van der Waals surface area contributed by atoms with Crippen molar-refractivity contribution in [3.63, 3.8) is 0 Å². The Morgan fingerprint density at radius 3 is 2.56 bits per heavy atom. The smallest absolute Gasteiger partial charge is 0.292 e. The maximum absolute atomic E-state index is 12.0. The van der Waals surface area contributed by atoms with Crippen LogP contribution in [0.1, 0.15) is 42.9 Å². The van der Waals surface area contributed by atoms with Gasteiger partial charge in [0.25, 0.3) is 0 Å². The SMILES string of the molecule is CC1CCC(NOCC(F)(F)F)c2ccccc21. The highest BCUT2D eigenvalue weighted by molar-refractivity contribution is 5.34. The van der Waals surface area contributed by atoms with Gasteiger partial charge in [0.1, 0.15) is 0 Å². The van der Waals surface area contributed by atoms with E-state index in [9.17, 15) is 13.2 Å². The Morgan fingerprint density at radius 1 is 1.22 bits per heavy atom. The minimum absolute atomic E-state index is 0.153. The summed E-state index contributed by atoms with van der Waals surface area (Å²) >= 11 is 0. The van der Waals surface area contributed by atoms with Gasteiger partial charge in [-0.1, -0.05) is 31.2 Å². The van der Waals surface area contributed by atoms with Crippen LogP contribution in [0.25, 0.3) is 0 Å². The average Bonchev–Trinajstić information content (AvgIpc) is 2.31. The number of hydrogen-bond donors (Lipinski definition) is 1. The molecule has 1 aliphatic carbocycles. The van der Waals surface area contributed by atoms with Gasteiger partial charge < -0.3 is 0 Å². The van der Waals surface area contributed by atoms with Crippen molar-refractivity contribution in [1.29, 1.82) is 0 Å². The molecule has 1 aromatic rings. The molecule has 1 N–H and O–H groups in total. The number of rotatable bonds is 3. The van der Waals surface area contributed by atoms with Crippen LogP contribution < -0.4 is 5.48 Å². The molecular weight excluding hydrogens is 243 g/mol. The van der Waals surface area contributed by atoms with Crippen molar-refractivity contribution < 1.29 is 18.0 Å². The maximum Gasteiger partial charge on any atom is 0.413 e. The molecule has 0 radical (unpaired) electrons. The van der Waals surface area contributed by atoms with Gasteiger partial charge in [0.2, 0.25) is 0 Å². The Balaban J connectivity index is 2.01. The van der Waals surface area contributed by atoms with Gasteiger partial charge in [0.05, 0.1) is 6.04 Å². The van der Waals surface area contributed by atoms with Crippen LogP contribution in [0.3, 0.4) is 0 Å². The molecule has 18 heavy (non-hydrogen) atoms. The molecule has 100 valence electrons. The maximum atomic E-state index is 12.0. The molecule has 2 unspecified atom stereocenters. The molecule has 0 saturated carbocycles. The molecule has 1 aliphatic rings. The molecule has 5 heteroatoms. The predicted molar refractivity (Wildman–Crippen MR) is 62.0 cm³/mol. The number of alkyl halides is 3. The van der Waals surface area contributed by atoms with Crippen molar-refractivity contribution in [2.75, 3.05) is 6.61 Å². The topological polar surface area (TPSA) is 21.3 Å². The molecule has 0 heterocycles. The number of halogens is 3. The van der Waals surface area contributed by atoms with E-state index in [1.165, 1.54) is 5.56 Å². The summed E-state index contributed by atoms with van der Waals surface area (Å²) in [4.78, 5) is 4.55. The first-order chi connectivity index (χ1) is 8.47. The van der Waals surface area contributed by atoms with E-state index in [2.05, 4.69) is 17.2 Å². The summed E-state index contributed by atoms with van der Waals surface area (Å²) in [6.45, 7) is 0.868. The molecule has 0 aromatic heterocycles. The van der Waals surface area contributed by atoms with Gasteiger partial charge in [-0.25, -0.2) is 0 Å². The van der Waals surface area contributed by atoms with Crippen LogP contribution in [0.5, 0.6) is 0 Å². The largest absolute Gasteiger partial charge is 0.413 e. The van der Waals surface area contributed by atoms with Crippen molar-refractivity contribution >= 4 is 0 Å². The third kappa shape index (κ3) is 3.23. The molecule has 0 bridgehead atoms. The lowest BCUT2D eigenvalue weighted by molar-refractivity contribution is -0.193. The van der Waals surface area contributed by atoms with Crippen LogP contribution in [-0.4, -0.2) is 12.8 Å². The van der Waals surface area contributed by atoms with Crippen LogP contribution in [0.15, 0.2) is 24.3 Å². The fourth-order valence-corrected chi connectivity index (χ4v) is 2.35. The van der Waals surface area contributed by atoms with Gasteiger partial charge in [0.15, 0.2) is 6.61 Å². The van der Waals surface area contributed by atoms with Gasteiger partial charge in [-0.15, -0.1) is 0 Å². The normalized spacial score (nSPS) is 23.8. The fourth-order valence-electron chi connectivity index (χ4n) is 2.35. The van der Waals surface area contributed by atoms with Crippen LogP contribution in [0.4, 0.5) is 13.2 Å². The van der Waals surface area contributed by atoms with Crippen molar-refractivity contribution in [2.45, 2.75) is 37.9 Å². The highest BCUT2D eigenvalue weighted by Gasteiger charge is 2.29. The lowest BCUT2D eigenvalue weighted by atomic mass is 9.81. The number of nitrogens with one attached hydrogen (secondary N) is 1. The lowest BCUT2D eigenvalue weighted by Gasteiger charge is -2.30. The molecular formula is C13H16F3NO. The highest BCUT2D eigenvalue weighted by Crippen LogP contribution is 2.36. The zero-order valence-corrected chi connectivity index (χ0v) is 10.1. The minimum atomic E-state index is -4.30. The molecule has 1 aromatic carbocycles.